The molecule has 0 saturated heterocycles. The highest BCUT2D eigenvalue weighted by atomic mass is 16.5. The van der Waals surface area contributed by atoms with E-state index in [1.807, 2.05) is 12.1 Å². The summed E-state index contributed by atoms with van der Waals surface area (Å²) in [6, 6.07) is 5.43. The molecule has 4 nitrogen and oxygen atoms in total. The van der Waals surface area contributed by atoms with Gasteiger partial charge in [0.15, 0.2) is 5.78 Å². The third-order valence-corrected chi connectivity index (χ3v) is 3.11. The molecule has 0 radical (unpaired) electrons. The van der Waals surface area contributed by atoms with Crippen LogP contribution in [0.25, 0.3) is 0 Å². The van der Waals surface area contributed by atoms with E-state index >= 15 is 0 Å². The highest BCUT2D eigenvalue weighted by Gasteiger charge is 2.20. The first kappa shape index (κ1) is 15.2. The summed E-state index contributed by atoms with van der Waals surface area (Å²) < 4.78 is 5.23. The second-order valence-corrected chi connectivity index (χ2v) is 4.98. The third-order valence-electron chi connectivity index (χ3n) is 3.11. The van der Waals surface area contributed by atoms with E-state index in [-0.39, 0.29) is 12.2 Å². The van der Waals surface area contributed by atoms with E-state index in [0.717, 1.165) is 5.56 Å². The van der Waals surface area contributed by atoms with Gasteiger partial charge in [0.1, 0.15) is 5.75 Å². The van der Waals surface area contributed by atoms with Crippen molar-refractivity contribution < 1.29 is 19.4 Å². The SMILES string of the molecule is COc1cc(C(C)C)ccc1C(=O)CC(C)C(=O)O. The number of hydrogen-bond acceptors (Lipinski definition) is 3. The minimum Gasteiger partial charge on any atom is -0.496 e. The predicted octanol–water partition coefficient (Wildman–Crippen LogP) is 3.11. The highest BCUT2D eigenvalue weighted by molar-refractivity contribution is 6.00. The Morgan fingerprint density at radius 1 is 1.26 bits per heavy atom. The van der Waals surface area contributed by atoms with E-state index in [2.05, 4.69) is 13.8 Å². The summed E-state index contributed by atoms with van der Waals surface area (Å²) in [6.45, 7) is 5.64. The van der Waals surface area contributed by atoms with Crippen molar-refractivity contribution in [1.29, 1.82) is 0 Å². The van der Waals surface area contributed by atoms with Gasteiger partial charge in [-0.2, -0.15) is 0 Å². The average molecular weight is 264 g/mol. The van der Waals surface area contributed by atoms with E-state index in [9.17, 15) is 9.59 Å². The Hall–Kier alpha value is -1.84. The summed E-state index contributed by atoms with van der Waals surface area (Å²) in [6.07, 6.45) is -0.0211. The quantitative estimate of drug-likeness (QED) is 0.802. The molecule has 1 N–H and O–H groups in total. The maximum absolute atomic E-state index is 12.1. The van der Waals surface area contributed by atoms with Crippen LogP contribution in [-0.4, -0.2) is 24.0 Å². The van der Waals surface area contributed by atoms with Crippen molar-refractivity contribution in [2.24, 2.45) is 5.92 Å². The molecule has 0 amide bonds. The predicted molar refractivity (Wildman–Crippen MR) is 72.8 cm³/mol. The largest absolute Gasteiger partial charge is 0.496 e. The summed E-state index contributed by atoms with van der Waals surface area (Å²) in [4.78, 5) is 22.9. The number of Topliss-reactive ketones (excluding diaryl/α,β-unsaturated/α-hetero) is 1. The molecule has 19 heavy (non-hydrogen) atoms. The van der Waals surface area contributed by atoms with E-state index < -0.39 is 11.9 Å². The minimum atomic E-state index is -0.967. The second-order valence-electron chi connectivity index (χ2n) is 4.98. The van der Waals surface area contributed by atoms with Crippen molar-refractivity contribution in [3.8, 4) is 5.75 Å². The zero-order chi connectivity index (χ0) is 14.6. The van der Waals surface area contributed by atoms with E-state index in [1.54, 1.807) is 6.07 Å². The fourth-order valence-electron chi connectivity index (χ4n) is 1.77. The molecular formula is C15H20O4. The standard InChI is InChI=1S/C15H20O4/c1-9(2)11-5-6-12(14(8-11)19-4)13(16)7-10(3)15(17)18/h5-6,8-10H,7H2,1-4H3,(H,17,18). The smallest absolute Gasteiger partial charge is 0.306 e. The molecule has 1 unspecified atom stereocenters. The first-order valence-electron chi connectivity index (χ1n) is 6.30. The number of benzene rings is 1. The van der Waals surface area contributed by atoms with Gasteiger partial charge in [-0.25, -0.2) is 0 Å². The van der Waals surface area contributed by atoms with Gasteiger partial charge in [-0.05, 0) is 23.6 Å². The van der Waals surface area contributed by atoms with Gasteiger partial charge in [-0.15, -0.1) is 0 Å². The molecule has 4 heteroatoms. The van der Waals surface area contributed by atoms with E-state index in [4.69, 9.17) is 9.84 Å². The number of carbonyl (C=O) groups excluding carboxylic acids is 1. The van der Waals surface area contributed by atoms with Crippen molar-refractivity contribution in [2.75, 3.05) is 7.11 Å². The Balaban J connectivity index is 3.00. The fourth-order valence-corrected chi connectivity index (χ4v) is 1.77. The fraction of sp³-hybridized carbons (Fsp3) is 0.467. The zero-order valence-electron chi connectivity index (χ0n) is 11.8. The van der Waals surface area contributed by atoms with Crippen LogP contribution < -0.4 is 4.74 Å². The van der Waals surface area contributed by atoms with Gasteiger partial charge in [-0.1, -0.05) is 26.8 Å². The van der Waals surface area contributed by atoms with Gasteiger partial charge in [0, 0.05) is 6.42 Å². The number of aliphatic carboxylic acids is 1. The maximum atomic E-state index is 12.1. The van der Waals surface area contributed by atoms with Crippen LogP contribution in [0.1, 0.15) is 49.0 Å². The molecule has 0 saturated carbocycles. The van der Waals surface area contributed by atoms with Crippen LogP contribution in [0.5, 0.6) is 5.75 Å². The number of carboxylic acid groups (broad SMARTS) is 1. The molecular weight excluding hydrogens is 244 g/mol. The summed E-state index contributed by atoms with van der Waals surface area (Å²) in [5, 5.41) is 8.84. The van der Waals surface area contributed by atoms with Crippen LogP contribution in [0, 0.1) is 5.92 Å². The first-order chi connectivity index (χ1) is 8.86. The average Bonchev–Trinajstić information content (AvgIpc) is 2.37. The van der Waals surface area contributed by atoms with E-state index in [1.165, 1.54) is 14.0 Å². The van der Waals surface area contributed by atoms with Crippen LogP contribution in [0.4, 0.5) is 0 Å². The van der Waals surface area contributed by atoms with Gasteiger partial charge >= 0.3 is 5.97 Å². The molecule has 0 aromatic heterocycles. The zero-order valence-corrected chi connectivity index (χ0v) is 11.8. The molecule has 0 heterocycles. The molecule has 1 aromatic rings. The number of methoxy groups -OCH3 is 1. The lowest BCUT2D eigenvalue weighted by Gasteiger charge is -2.13. The van der Waals surface area contributed by atoms with Crippen molar-refractivity contribution in [2.45, 2.75) is 33.1 Å². The van der Waals surface area contributed by atoms with E-state index in [0.29, 0.717) is 17.2 Å². The number of ether oxygens (including phenoxy) is 1. The minimum absolute atomic E-state index is 0.0211. The summed E-state index contributed by atoms with van der Waals surface area (Å²) in [7, 11) is 1.51. The van der Waals surface area contributed by atoms with Gasteiger partial charge in [0.2, 0.25) is 0 Å². The van der Waals surface area contributed by atoms with Gasteiger partial charge < -0.3 is 9.84 Å². The first-order valence-corrected chi connectivity index (χ1v) is 6.30. The van der Waals surface area contributed by atoms with Crippen LogP contribution in [0.3, 0.4) is 0 Å². The van der Waals surface area contributed by atoms with Crippen molar-refractivity contribution in [3.05, 3.63) is 29.3 Å². The molecule has 0 aliphatic rings. The molecule has 1 rings (SSSR count). The van der Waals surface area contributed by atoms with Gasteiger partial charge in [0.25, 0.3) is 0 Å². The lowest BCUT2D eigenvalue weighted by molar-refractivity contribution is -0.141. The Morgan fingerprint density at radius 2 is 1.89 bits per heavy atom. The Labute approximate surface area is 113 Å². The monoisotopic (exact) mass is 264 g/mol. The lowest BCUT2D eigenvalue weighted by atomic mass is 9.95. The van der Waals surface area contributed by atoms with Gasteiger partial charge in [0.05, 0.1) is 18.6 Å². The molecule has 0 fully saturated rings. The molecule has 1 aromatic carbocycles. The maximum Gasteiger partial charge on any atom is 0.306 e. The van der Waals surface area contributed by atoms with Crippen molar-refractivity contribution in [3.63, 3.8) is 0 Å². The molecule has 0 spiro atoms. The molecule has 1 atom stereocenters. The molecule has 0 aliphatic heterocycles. The topological polar surface area (TPSA) is 63.6 Å². The number of carboxylic acids is 1. The van der Waals surface area contributed by atoms with Crippen molar-refractivity contribution >= 4 is 11.8 Å². The second kappa shape index (κ2) is 6.36. The van der Waals surface area contributed by atoms with Gasteiger partial charge in [-0.3, -0.25) is 9.59 Å². The van der Waals surface area contributed by atoms with Crippen LogP contribution in [-0.2, 0) is 4.79 Å². The summed E-state index contributed by atoms with van der Waals surface area (Å²) >= 11 is 0. The number of carbonyl (C=O) groups is 2. The number of rotatable bonds is 6. The highest BCUT2D eigenvalue weighted by Crippen LogP contribution is 2.26. The van der Waals surface area contributed by atoms with Crippen molar-refractivity contribution in [1.82, 2.24) is 0 Å². The third kappa shape index (κ3) is 3.81. The molecule has 0 bridgehead atoms. The van der Waals surface area contributed by atoms with Crippen LogP contribution in [0.15, 0.2) is 18.2 Å². The molecule has 0 aliphatic carbocycles. The number of ketones is 1. The Bertz CT molecular complexity index is 477. The summed E-state index contributed by atoms with van der Waals surface area (Å²) in [5.41, 5.74) is 1.53. The summed E-state index contributed by atoms with van der Waals surface area (Å²) in [5.74, 6) is -1.01. The number of hydrogen-bond donors (Lipinski definition) is 1. The Morgan fingerprint density at radius 3 is 2.37 bits per heavy atom. The molecule has 104 valence electrons. The van der Waals surface area contributed by atoms with Crippen LogP contribution in [0.2, 0.25) is 0 Å². The Kier molecular flexibility index (Phi) is 5.10. The van der Waals surface area contributed by atoms with Crippen LogP contribution >= 0.6 is 0 Å². The normalized spacial score (nSPS) is 12.3. The lowest BCUT2D eigenvalue weighted by Crippen LogP contribution is -2.15.